The Morgan fingerprint density at radius 2 is 2.00 bits per heavy atom. The van der Waals surface area contributed by atoms with E-state index in [4.69, 9.17) is 5.41 Å². The van der Waals surface area contributed by atoms with E-state index in [0.717, 1.165) is 0 Å². The van der Waals surface area contributed by atoms with E-state index in [-0.39, 0.29) is 11.5 Å². The summed E-state index contributed by atoms with van der Waals surface area (Å²) in [4.78, 5) is 10.0. The number of nitro benzene ring substituents is 1. The van der Waals surface area contributed by atoms with E-state index in [1.54, 1.807) is 6.92 Å². The zero-order valence-corrected chi connectivity index (χ0v) is 10.1. The first-order chi connectivity index (χ1) is 8.47. The summed E-state index contributed by atoms with van der Waals surface area (Å²) in [6, 6.07) is 5.65. The number of hydrogen-bond donors (Lipinski definition) is 1. The number of amidine groups is 1. The summed E-state index contributed by atoms with van der Waals surface area (Å²) in [6.07, 6.45) is 0. The second-order valence-electron chi connectivity index (χ2n) is 3.49. The zero-order chi connectivity index (χ0) is 13.7. The molecule has 0 unspecified atom stereocenters. The number of nitro groups is 1. The maximum Gasteiger partial charge on any atom is 0.269 e. The number of rotatable bonds is 4. The molecule has 1 aromatic carbocycles. The van der Waals surface area contributed by atoms with Gasteiger partial charge in [-0.1, -0.05) is 11.8 Å². The Hall–Kier alpha value is -2.57. The van der Waals surface area contributed by atoms with Gasteiger partial charge in [0.25, 0.3) is 5.69 Å². The summed E-state index contributed by atoms with van der Waals surface area (Å²) in [7, 11) is 1.49. The molecule has 0 saturated carbocycles. The van der Waals surface area contributed by atoms with E-state index >= 15 is 0 Å². The summed E-state index contributed by atoms with van der Waals surface area (Å²) in [5.74, 6) is 0.0583. The van der Waals surface area contributed by atoms with Crippen molar-refractivity contribution < 1.29 is 4.92 Å². The predicted molar refractivity (Wildman–Crippen MR) is 67.4 cm³/mol. The van der Waals surface area contributed by atoms with Gasteiger partial charge >= 0.3 is 0 Å². The van der Waals surface area contributed by atoms with Gasteiger partial charge in [0.1, 0.15) is 0 Å². The fourth-order valence-corrected chi connectivity index (χ4v) is 1.26. The molecule has 0 aromatic heterocycles. The summed E-state index contributed by atoms with van der Waals surface area (Å²) in [5.41, 5.74) is 1.01. The number of nitrogens with one attached hydrogen (secondary N) is 1. The molecule has 1 rings (SSSR count). The highest BCUT2D eigenvalue weighted by Crippen LogP contribution is 2.15. The van der Waals surface area contributed by atoms with Crippen LogP contribution in [-0.2, 0) is 0 Å². The van der Waals surface area contributed by atoms with E-state index in [2.05, 4.69) is 16.9 Å². The molecule has 0 amide bonds. The lowest BCUT2D eigenvalue weighted by molar-refractivity contribution is -0.384. The van der Waals surface area contributed by atoms with Crippen molar-refractivity contribution in [2.45, 2.75) is 6.92 Å². The monoisotopic (exact) mass is 247 g/mol. The Bertz CT molecular complexity index is 507. The average molecular weight is 247 g/mol. The SMILES string of the molecule is C=C(C)N(N=NC)C(=N)c1ccc([N+](=O)[O-])cc1. The van der Waals surface area contributed by atoms with Crippen molar-refractivity contribution in [2.24, 2.45) is 10.3 Å². The van der Waals surface area contributed by atoms with E-state index in [1.165, 1.54) is 36.3 Å². The molecule has 0 aliphatic heterocycles. The molecule has 18 heavy (non-hydrogen) atoms. The molecule has 0 bridgehead atoms. The third-order valence-corrected chi connectivity index (χ3v) is 2.10. The number of benzene rings is 1. The Labute approximate surface area is 104 Å². The van der Waals surface area contributed by atoms with Crippen LogP contribution < -0.4 is 0 Å². The molecule has 7 heteroatoms. The summed E-state index contributed by atoms with van der Waals surface area (Å²) in [6.45, 7) is 5.38. The van der Waals surface area contributed by atoms with Crippen molar-refractivity contribution in [1.29, 1.82) is 5.41 Å². The first kappa shape index (κ1) is 13.5. The molecule has 0 heterocycles. The lowest BCUT2D eigenvalue weighted by Crippen LogP contribution is -2.23. The standard InChI is InChI=1S/C11H13N5O2/c1-8(2)15(14-13-3)11(12)9-4-6-10(7-5-9)16(17)18/h4-7,12H,1H2,2-3H3. The summed E-state index contributed by atoms with van der Waals surface area (Å²) in [5, 5.41) is 27.1. The Balaban J connectivity index is 3.02. The fraction of sp³-hybridized carbons (Fsp3) is 0.182. The molecule has 0 aliphatic carbocycles. The van der Waals surface area contributed by atoms with Crippen LogP contribution in [0.1, 0.15) is 12.5 Å². The minimum Gasteiger partial charge on any atom is -0.282 e. The molecule has 1 N–H and O–H groups in total. The number of hydrogen-bond acceptors (Lipinski definition) is 5. The van der Waals surface area contributed by atoms with Crippen LogP contribution in [0.4, 0.5) is 5.69 Å². The van der Waals surface area contributed by atoms with Crippen molar-refractivity contribution in [3.8, 4) is 0 Å². The minimum atomic E-state index is -0.490. The summed E-state index contributed by atoms with van der Waals surface area (Å²) >= 11 is 0. The highest BCUT2D eigenvalue weighted by atomic mass is 16.6. The van der Waals surface area contributed by atoms with Gasteiger partial charge in [0, 0.05) is 23.4 Å². The van der Waals surface area contributed by atoms with Gasteiger partial charge in [0.2, 0.25) is 0 Å². The first-order valence-electron chi connectivity index (χ1n) is 5.06. The molecule has 0 atom stereocenters. The molecule has 0 saturated heterocycles. The van der Waals surface area contributed by atoms with Gasteiger partial charge in [0.05, 0.1) is 12.0 Å². The molecule has 7 nitrogen and oxygen atoms in total. The highest BCUT2D eigenvalue weighted by molar-refractivity contribution is 5.97. The lowest BCUT2D eigenvalue weighted by atomic mass is 10.2. The maximum atomic E-state index is 10.5. The van der Waals surface area contributed by atoms with Crippen molar-refractivity contribution >= 4 is 11.5 Å². The van der Waals surface area contributed by atoms with Crippen molar-refractivity contribution in [3.05, 3.63) is 52.2 Å². The van der Waals surface area contributed by atoms with Crippen molar-refractivity contribution in [2.75, 3.05) is 7.05 Å². The van der Waals surface area contributed by atoms with E-state index in [0.29, 0.717) is 11.3 Å². The Morgan fingerprint density at radius 3 is 2.39 bits per heavy atom. The summed E-state index contributed by atoms with van der Waals surface area (Å²) < 4.78 is 0. The van der Waals surface area contributed by atoms with Crippen LogP contribution in [0.15, 0.2) is 46.9 Å². The minimum absolute atomic E-state index is 0.0226. The lowest BCUT2D eigenvalue weighted by Gasteiger charge is -2.17. The molecular formula is C11H13N5O2. The third kappa shape index (κ3) is 2.97. The van der Waals surface area contributed by atoms with Gasteiger partial charge in [-0.2, -0.15) is 5.11 Å². The number of non-ortho nitro benzene ring substituents is 1. The average Bonchev–Trinajstić information content (AvgIpc) is 2.35. The second kappa shape index (κ2) is 5.67. The smallest absolute Gasteiger partial charge is 0.269 e. The quantitative estimate of drug-likeness (QED) is 0.291. The predicted octanol–water partition coefficient (Wildman–Crippen LogP) is 2.75. The van der Waals surface area contributed by atoms with Gasteiger partial charge in [0.15, 0.2) is 5.84 Å². The van der Waals surface area contributed by atoms with E-state index < -0.39 is 4.92 Å². The second-order valence-corrected chi connectivity index (χ2v) is 3.49. The van der Waals surface area contributed by atoms with Crippen LogP contribution >= 0.6 is 0 Å². The molecule has 0 fully saturated rings. The molecule has 0 radical (unpaired) electrons. The zero-order valence-electron chi connectivity index (χ0n) is 10.1. The maximum absolute atomic E-state index is 10.5. The largest absolute Gasteiger partial charge is 0.282 e. The van der Waals surface area contributed by atoms with E-state index in [9.17, 15) is 10.1 Å². The van der Waals surface area contributed by atoms with Crippen LogP contribution in [0.3, 0.4) is 0 Å². The van der Waals surface area contributed by atoms with Crippen molar-refractivity contribution in [3.63, 3.8) is 0 Å². The van der Waals surface area contributed by atoms with Crippen LogP contribution in [0.5, 0.6) is 0 Å². The van der Waals surface area contributed by atoms with E-state index in [1.807, 2.05) is 0 Å². The molecule has 0 spiro atoms. The normalized spacial score (nSPS) is 10.3. The molecule has 0 aliphatic rings. The third-order valence-electron chi connectivity index (χ3n) is 2.10. The number of nitrogens with zero attached hydrogens (tertiary/aromatic N) is 4. The van der Waals surface area contributed by atoms with Gasteiger partial charge in [-0.05, 0) is 19.1 Å². The van der Waals surface area contributed by atoms with Crippen molar-refractivity contribution in [1.82, 2.24) is 5.01 Å². The van der Waals surface area contributed by atoms with Crippen LogP contribution in [0.2, 0.25) is 0 Å². The Morgan fingerprint density at radius 1 is 1.44 bits per heavy atom. The first-order valence-corrected chi connectivity index (χ1v) is 5.06. The van der Waals surface area contributed by atoms with Crippen LogP contribution in [-0.4, -0.2) is 22.8 Å². The molecule has 94 valence electrons. The van der Waals surface area contributed by atoms with Gasteiger partial charge in [-0.3, -0.25) is 15.5 Å². The number of allylic oxidation sites excluding steroid dienone is 1. The highest BCUT2D eigenvalue weighted by Gasteiger charge is 2.13. The van der Waals surface area contributed by atoms with Gasteiger partial charge in [-0.25, -0.2) is 5.01 Å². The topological polar surface area (TPSA) is 95.0 Å². The van der Waals surface area contributed by atoms with Gasteiger partial charge < -0.3 is 0 Å². The van der Waals surface area contributed by atoms with Gasteiger partial charge in [-0.15, -0.1) is 0 Å². The molecular weight excluding hydrogens is 234 g/mol. The van der Waals surface area contributed by atoms with Crippen LogP contribution in [0, 0.1) is 15.5 Å². The van der Waals surface area contributed by atoms with Crippen LogP contribution in [0.25, 0.3) is 0 Å². The fourth-order valence-electron chi connectivity index (χ4n) is 1.26. The molecule has 1 aromatic rings. The Kier molecular flexibility index (Phi) is 4.25.